The first-order chi connectivity index (χ1) is 10.7. The third kappa shape index (κ3) is 4.10. The number of nitrogens with one attached hydrogen (secondary N) is 2. The van der Waals surface area contributed by atoms with Gasteiger partial charge in [0.25, 0.3) is 0 Å². The van der Waals surface area contributed by atoms with E-state index in [4.69, 9.17) is 0 Å². The van der Waals surface area contributed by atoms with Crippen LogP contribution in [0.4, 0.5) is 5.69 Å². The van der Waals surface area contributed by atoms with E-state index in [9.17, 15) is 4.79 Å². The van der Waals surface area contributed by atoms with Gasteiger partial charge in [0.1, 0.15) is 0 Å². The summed E-state index contributed by atoms with van der Waals surface area (Å²) >= 11 is 0. The highest BCUT2D eigenvalue weighted by molar-refractivity contribution is 5.90. The van der Waals surface area contributed by atoms with Crippen molar-refractivity contribution in [2.45, 2.75) is 70.4 Å². The molecule has 2 bridgehead atoms. The Balaban J connectivity index is 1.47. The van der Waals surface area contributed by atoms with Crippen LogP contribution in [0.2, 0.25) is 0 Å². The Kier molecular flexibility index (Phi) is 5.14. The smallest absolute Gasteiger partial charge is 0.224 e. The highest BCUT2D eigenvalue weighted by Crippen LogP contribution is 2.32. The molecule has 3 heteroatoms. The average molecular weight is 300 g/mol. The van der Waals surface area contributed by atoms with Crippen LogP contribution >= 0.6 is 0 Å². The summed E-state index contributed by atoms with van der Waals surface area (Å²) in [5.74, 6) is 0.732. The third-order valence-electron chi connectivity index (χ3n) is 5.10. The number of hydrogen-bond acceptors (Lipinski definition) is 2. The maximum Gasteiger partial charge on any atom is 0.224 e. The zero-order valence-electron chi connectivity index (χ0n) is 13.6. The van der Waals surface area contributed by atoms with Crippen molar-refractivity contribution in [1.29, 1.82) is 0 Å². The molecule has 0 spiro atoms. The number of benzene rings is 1. The Morgan fingerprint density at radius 3 is 2.50 bits per heavy atom. The quantitative estimate of drug-likeness (QED) is 0.837. The standard InChI is InChI=1S/C19H28N2O/c1-2-3-4-14-5-7-16(8-6-14)21-19(22)13-15-11-17-9-10-18(12-15)20-17/h5-8,15,17-18,20H,2-4,9-13H2,1H3,(H,21,22). The summed E-state index contributed by atoms with van der Waals surface area (Å²) < 4.78 is 0. The maximum absolute atomic E-state index is 12.2. The summed E-state index contributed by atoms with van der Waals surface area (Å²) in [7, 11) is 0. The Hall–Kier alpha value is -1.35. The lowest BCUT2D eigenvalue weighted by Crippen LogP contribution is -2.39. The van der Waals surface area contributed by atoms with Gasteiger partial charge in [-0.3, -0.25) is 4.79 Å². The normalized spacial score (nSPS) is 26.9. The highest BCUT2D eigenvalue weighted by Gasteiger charge is 2.34. The molecule has 0 aliphatic carbocycles. The molecule has 22 heavy (non-hydrogen) atoms. The molecule has 2 unspecified atom stereocenters. The Morgan fingerprint density at radius 2 is 1.86 bits per heavy atom. The second-order valence-electron chi connectivity index (χ2n) is 7.03. The SMILES string of the molecule is CCCCc1ccc(NC(=O)CC2CC3CCC(C2)N3)cc1. The monoisotopic (exact) mass is 300 g/mol. The molecule has 1 amide bonds. The minimum atomic E-state index is 0.174. The van der Waals surface area contributed by atoms with Crippen molar-refractivity contribution in [2.24, 2.45) is 5.92 Å². The van der Waals surface area contributed by atoms with E-state index in [0.29, 0.717) is 24.4 Å². The highest BCUT2D eigenvalue weighted by atomic mass is 16.1. The molecule has 2 aliphatic heterocycles. The van der Waals surface area contributed by atoms with Crippen molar-refractivity contribution in [3.05, 3.63) is 29.8 Å². The fourth-order valence-electron chi connectivity index (χ4n) is 3.95. The molecule has 2 saturated heterocycles. The molecular weight excluding hydrogens is 272 g/mol. The summed E-state index contributed by atoms with van der Waals surface area (Å²) in [6.45, 7) is 2.21. The molecule has 2 atom stereocenters. The summed E-state index contributed by atoms with van der Waals surface area (Å²) in [5, 5.41) is 6.70. The number of amides is 1. The lowest BCUT2D eigenvalue weighted by Gasteiger charge is -2.28. The van der Waals surface area contributed by atoms with Crippen LogP contribution in [0.15, 0.2) is 24.3 Å². The molecule has 0 aromatic heterocycles. The van der Waals surface area contributed by atoms with Crippen LogP contribution in [0.25, 0.3) is 0 Å². The summed E-state index contributed by atoms with van der Waals surface area (Å²) in [6, 6.07) is 9.67. The fourth-order valence-corrected chi connectivity index (χ4v) is 3.95. The molecule has 120 valence electrons. The van der Waals surface area contributed by atoms with E-state index in [0.717, 1.165) is 12.1 Å². The van der Waals surface area contributed by atoms with Crippen LogP contribution in [-0.4, -0.2) is 18.0 Å². The van der Waals surface area contributed by atoms with E-state index >= 15 is 0 Å². The van der Waals surface area contributed by atoms with Gasteiger partial charge >= 0.3 is 0 Å². The molecule has 2 aliphatic rings. The minimum absolute atomic E-state index is 0.174. The van der Waals surface area contributed by atoms with Crippen molar-refractivity contribution < 1.29 is 4.79 Å². The lowest BCUT2D eigenvalue weighted by atomic mass is 9.89. The van der Waals surface area contributed by atoms with Gasteiger partial charge in [-0.05, 0) is 62.1 Å². The molecule has 0 radical (unpaired) electrons. The van der Waals surface area contributed by atoms with E-state index in [2.05, 4.69) is 29.7 Å². The molecule has 2 fully saturated rings. The zero-order chi connectivity index (χ0) is 15.4. The van der Waals surface area contributed by atoms with Gasteiger partial charge in [0, 0.05) is 24.2 Å². The number of hydrogen-bond donors (Lipinski definition) is 2. The molecule has 2 N–H and O–H groups in total. The number of carbonyl (C=O) groups excluding carboxylic acids is 1. The third-order valence-corrected chi connectivity index (χ3v) is 5.10. The molecule has 2 heterocycles. The summed E-state index contributed by atoms with van der Waals surface area (Å²) in [5.41, 5.74) is 2.29. The van der Waals surface area contributed by atoms with Crippen molar-refractivity contribution >= 4 is 11.6 Å². The topological polar surface area (TPSA) is 41.1 Å². The van der Waals surface area contributed by atoms with Crippen LogP contribution in [0, 0.1) is 5.92 Å². The van der Waals surface area contributed by atoms with Crippen molar-refractivity contribution in [1.82, 2.24) is 5.32 Å². The van der Waals surface area contributed by atoms with Crippen LogP contribution in [-0.2, 0) is 11.2 Å². The van der Waals surface area contributed by atoms with Crippen LogP contribution in [0.1, 0.15) is 57.4 Å². The van der Waals surface area contributed by atoms with Crippen molar-refractivity contribution in [3.63, 3.8) is 0 Å². The molecule has 1 aromatic rings. The maximum atomic E-state index is 12.2. The minimum Gasteiger partial charge on any atom is -0.326 e. The first-order valence-corrected chi connectivity index (χ1v) is 8.87. The van der Waals surface area contributed by atoms with E-state index in [1.54, 1.807) is 0 Å². The summed E-state index contributed by atoms with van der Waals surface area (Å²) in [6.07, 6.45) is 9.17. The second-order valence-corrected chi connectivity index (χ2v) is 7.03. The van der Waals surface area contributed by atoms with Gasteiger partial charge in [0.05, 0.1) is 0 Å². The van der Waals surface area contributed by atoms with Crippen molar-refractivity contribution in [3.8, 4) is 0 Å². The van der Waals surface area contributed by atoms with E-state index in [-0.39, 0.29) is 5.91 Å². The lowest BCUT2D eigenvalue weighted by molar-refractivity contribution is -0.117. The molecule has 1 aromatic carbocycles. The van der Waals surface area contributed by atoms with E-state index in [1.165, 1.54) is 44.1 Å². The predicted molar refractivity (Wildman–Crippen MR) is 91.0 cm³/mol. The molecule has 0 saturated carbocycles. The molecular formula is C19H28N2O. The Bertz CT molecular complexity index is 485. The predicted octanol–water partition coefficient (Wildman–Crippen LogP) is 3.89. The van der Waals surface area contributed by atoms with Gasteiger partial charge in [0.15, 0.2) is 0 Å². The molecule has 3 nitrogen and oxygen atoms in total. The van der Waals surface area contributed by atoms with Gasteiger partial charge in [-0.25, -0.2) is 0 Å². The first-order valence-electron chi connectivity index (χ1n) is 8.87. The van der Waals surface area contributed by atoms with Gasteiger partial charge in [-0.15, -0.1) is 0 Å². The number of unbranched alkanes of at least 4 members (excludes halogenated alkanes) is 1. The Labute approximate surface area is 133 Å². The van der Waals surface area contributed by atoms with E-state index < -0.39 is 0 Å². The number of carbonyl (C=O) groups is 1. The number of fused-ring (bicyclic) bond motifs is 2. The first kappa shape index (κ1) is 15.5. The van der Waals surface area contributed by atoms with Crippen LogP contribution < -0.4 is 10.6 Å². The second kappa shape index (κ2) is 7.28. The number of aryl methyl sites for hydroxylation is 1. The number of anilines is 1. The van der Waals surface area contributed by atoms with E-state index in [1.807, 2.05) is 12.1 Å². The van der Waals surface area contributed by atoms with Crippen molar-refractivity contribution in [2.75, 3.05) is 5.32 Å². The van der Waals surface area contributed by atoms with Crippen LogP contribution in [0.5, 0.6) is 0 Å². The average Bonchev–Trinajstić information content (AvgIpc) is 2.85. The number of rotatable bonds is 6. The Morgan fingerprint density at radius 1 is 1.18 bits per heavy atom. The van der Waals surface area contributed by atoms with Gasteiger partial charge in [-0.1, -0.05) is 25.5 Å². The largest absolute Gasteiger partial charge is 0.326 e. The van der Waals surface area contributed by atoms with Gasteiger partial charge in [0.2, 0.25) is 5.91 Å². The number of piperidine rings is 1. The van der Waals surface area contributed by atoms with Gasteiger partial charge < -0.3 is 10.6 Å². The molecule has 3 rings (SSSR count). The summed E-state index contributed by atoms with van der Waals surface area (Å²) in [4.78, 5) is 12.2. The van der Waals surface area contributed by atoms with Crippen LogP contribution in [0.3, 0.4) is 0 Å². The fraction of sp³-hybridized carbons (Fsp3) is 0.632. The van der Waals surface area contributed by atoms with Gasteiger partial charge in [-0.2, -0.15) is 0 Å². The zero-order valence-corrected chi connectivity index (χ0v) is 13.6.